The summed E-state index contributed by atoms with van der Waals surface area (Å²) < 4.78 is 34.2. The maximum absolute atomic E-state index is 12.8. The Labute approximate surface area is 187 Å². The van der Waals surface area contributed by atoms with Crippen molar-refractivity contribution < 1.29 is 17.9 Å². The smallest absolute Gasteiger partial charge is 0.257 e. The second-order valence-corrected chi connectivity index (χ2v) is 10.9. The van der Waals surface area contributed by atoms with Crippen molar-refractivity contribution in [1.29, 1.82) is 0 Å². The van der Waals surface area contributed by atoms with E-state index in [9.17, 15) is 13.2 Å². The van der Waals surface area contributed by atoms with Crippen LogP contribution in [0.3, 0.4) is 0 Å². The monoisotopic (exact) mass is 509 g/mol. The van der Waals surface area contributed by atoms with E-state index in [1.165, 1.54) is 39.9 Å². The third kappa shape index (κ3) is 4.42. The second kappa shape index (κ2) is 8.72. The first-order chi connectivity index (χ1) is 14.3. The van der Waals surface area contributed by atoms with Gasteiger partial charge in [0.25, 0.3) is 5.91 Å². The van der Waals surface area contributed by atoms with Gasteiger partial charge in [0.05, 0.1) is 21.2 Å². The fourth-order valence-corrected chi connectivity index (χ4v) is 5.95. The van der Waals surface area contributed by atoms with Crippen molar-refractivity contribution in [3.63, 3.8) is 0 Å². The summed E-state index contributed by atoms with van der Waals surface area (Å²) in [5, 5.41) is 3.26. The molecule has 1 N–H and O–H groups in total. The molecule has 2 heterocycles. The number of carbonyl (C=O) groups is 1. The number of nitrogens with one attached hydrogen (secondary N) is 1. The Morgan fingerprint density at radius 1 is 1.30 bits per heavy atom. The fourth-order valence-electron chi connectivity index (χ4n) is 3.27. The van der Waals surface area contributed by atoms with E-state index in [0.29, 0.717) is 23.8 Å². The lowest BCUT2D eigenvalue weighted by Gasteiger charge is -2.20. The normalized spacial score (nSPS) is 17.0. The summed E-state index contributed by atoms with van der Waals surface area (Å²) in [7, 11) is -2.10. The predicted molar refractivity (Wildman–Crippen MR) is 121 cm³/mol. The maximum Gasteiger partial charge on any atom is 0.257 e. The topological polar surface area (TPSA) is 88.6 Å². The lowest BCUT2D eigenvalue weighted by molar-refractivity contribution is 0.0979. The molecule has 0 saturated carbocycles. The molecule has 1 saturated heterocycles. The Balaban J connectivity index is 1.46. The van der Waals surface area contributed by atoms with Crippen molar-refractivity contribution in [2.75, 3.05) is 25.5 Å². The van der Waals surface area contributed by atoms with Gasteiger partial charge in [-0.05, 0) is 65.2 Å². The van der Waals surface area contributed by atoms with Gasteiger partial charge in [-0.3, -0.25) is 10.1 Å². The van der Waals surface area contributed by atoms with Crippen LogP contribution in [-0.4, -0.2) is 49.9 Å². The number of benzene rings is 2. The van der Waals surface area contributed by atoms with Gasteiger partial charge >= 0.3 is 0 Å². The van der Waals surface area contributed by atoms with E-state index in [4.69, 9.17) is 4.74 Å². The van der Waals surface area contributed by atoms with E-state index in [1.807, 2.05) is 18.2 Å². The standard InChI is InChI=1S/C20H20BrN3O4S2/c1-24(12-14-4-3-11-28-14)30(26,27)15-9-7-13(8-10-15)19(25)23-20-22-18-16(21)5-2-6-17(18)29-20/h2,5-10,14H,3-4,11-12H2,1H3,(H,22,23,25). The predicted octanol–water partition coefficient (Wildman–Crippen LogP) is 4.11. The first kappa shape index (κ1) is 21.4. The summed E-state index contributed by atoms with van der Waals surface area (Å²) in [5.74, 6) is -0.346. The van der Waals surface area contributed by atoms with Gasteiger partial charge in [0, 0.05) is 30.2 Å². The van der Waals surface area contributed by atoms with Gasteiger partial charge in [-0.2, -0.15) is 4.31 Å². The molecule has 0 bridgehead atoms. The summed E-state index contributed by atoms with van der Waals surface area (Å²) in [6.07, 6.45) is 1.75. The maximum atomic E-state index is 12.8. The fraction of sp³-hybridized carbons (Fsp3) is 0.300. The number of halogens is 1. The zero-order valence-corrected chi connectivity index (χ0v) is 19.4. The Kier molecular flexibility index (Phi) is 6.21. The molecular weight excluding hydrogens is 490 g/mol. The van der Waals surface area contributed by atoms with Crippen molar-refractivity contribution in [3.8, 4) is 0 Å². The third-order valence-corrected chi connectivity index (χ3v) is 8.31. The van der Waals surface area contributed by atoms with Crippen molar-refractivity contribution in [1.82, 2.24) is 9.29 Å². The van der Waals surface area contributed by atoms with Gasteiger partial charge in [0.15, 0.2) is 5.13 Å². The minimum absolute atomic E-state index is 0.0660. The molecule has 1 aliphatic rings. The van der Waals surface area contributed by atoms with Gasteiger partial charge in [0.1, 0.15) is 0 Å². The zero-order chi connectivity index (χ0) is 21.3. The molecule has 3 aromatic rings. The average Bonchev–Trinajstić information content (AvgIpc) is 3.38. The SMILES string of the molecule is CN(CC1CCCO1)S(=O)(=O)c1ccc(C(=O)Nc2nc3c(Br)cccc3s2)cc1. The molecule has 0 spiro atoms. The molecule has 1 fully saturated rings. The number of thiazole rings is 1. The molecule has 158 valence electrons. The van der Waals surface area contributed by atoms with Gasteiger partial charge in [-0.1, -0.05) is 17.4 Å². The summed E-state index contributed by atoms with van der Waals surface area (Å²) in [6, 6.07) is 11.6. The molecule has 0 aliphatic carbocycles. The van der Waals surface area contributed by atoms with Gasteiger partial charge in [0.2, 0.25) is 10.0 Å². The number of hydrogen-bond acceptors (Lipinski definition) is 6. The van der Waals surface area contributed by atoms with Gasteiger partial charge in [-0.25, -0.2) is 13.4 Å². The number of sulfonamides is 1. The van der Waals surface area contributed by atoms with Gasteiger partial charge < -0.3 is 4.74 Å². The molecule has 2 aromatic carbocycles. The van der Waals surface area contributed by atoms with Crippen LogP contribution in [0.5, 0.6) is 0 Å². The molecule has 1 amide bonds. The summed E-state index contributed by atoms with van der Waals surface area (Å²) >= 11 is 4.82. The number of aromatic nitrogens is 1. The van der Waals surface area contributed by atoms with Crippen LogP contribution in [0.15, 0.2) is 51.8 Å². The minimum Gasteiger partial charge on any atom is -0.377 e. The van der Waals surface area contributed by atoms with Crippen LogP contribution in [0.25, 0.3) is 10.2 Å². The molecule has 0 radical (unpaired) electrons. The second-order valence-electron chi connectivity index (χ2n) is 7.00. The molecule has 7 nitrogen and oxygen atoms in total. The number of likely N-dealkylation sites (N-methyl/N-ethyl adjacent to an activating group) is 1. The Morgan fingerprint density at radius 3 is 2.73 bits per heavy atom. The average molecular weight is 510 g/mol. The number of nitrogens with zero attached hydrogens (tertiary/aromatic N) is 2. The molecule has 10 heteroatoms. The molecule has 1 atom stereocenters. The van der Waals surface area contributed by atoms with Crippen molar-refractivity contribution >= 4 is 58.5 Å². The van der Waals surface area contributed by atoms with E-state index in [1.54, 1.807) is 7.05 Å². The van der Waals surface area contributed by atoms with E-state index in [2.05, 4.69) is 26.2 Å². The number of anilines is 1. The number of ether oxygens (including phenoxy) is 1. The van der Waals surface area contributed by atoms with Crippen molar-refractivity contribution in [3.05, 3.63) is 52.5 Å². The van der Waals surface area contributed by atoms with Gasteiger partial charge in [-0.15, -0.1) is 0 Å². The highest BCUT2D eigenvalue weighted by Crippen LogP contribution is 2.31. The Bertz CT molecular complexity index is 1170. The molecular formula is C20H20BrN3O4S2. The summed E-state index contributed by atoms with van der Waals surface area (Å²) in [6.45, 7) is 0.992. The molecule has 4 rings (SSSR count). The highest BCUT2D eigenvalue weighted by molar-refractivity contribution is 9.10. The van der Waals surface area contributed by atoms with Crippen LogP contribution in [0.1, 0.15) is 23.2 Å². The molecule has 1 unspecified atom stereocenters. The van der Waals surface area contributed by atoms with E-state index >= 15 is 0 Å². The van der Waals surface area contributed by atoms with Crippen LogP contribution < -0.4 is 5.32 Å². The summed E-state index contributed by atoms with van der Waals surface area (Å²) in [4.78, 5) is 17.1. The van der Waals surface area contributed by atoms with E-state index in [-0.39, 0.29) is 16.9 Å². The van der Waals surface area contributed by atoms with Crippen LogP contribution in [0.2, 0.25) is 0 Å². The lowest BCUT2D eigenvalue weighted by atomic mass is 10.2. The number of amides is 1. The van der Waals surface area contributed by atoms with E-state index < -0.39 is 10.0 Å². The highest BCUT2D eigenvalue weighted by atomic mass is 79.9. The minimum atomic E-state index is -3.64. The molecule has 1 aromatic heterocycles. The van der Waals surface area contributed by atoms with E-state index in [0.717, 1.165) is 27.5 Å². The van der Waals surface area contributed by atoms with Crippen molar-refractivity contribution in [2.45, 2.75) is 23.8 Å². The first-order valence-electron chi connectivity index (χ1n) is 9.39. The number of fused-ring (bicyclic) bond motifs is 1. The molecule has 1 aliphatic heterocycles. The number of rotatable bonds is 6. The quantitative estimate of drug-likeness (QED) is 0.539. The van der Waals surface area contributed by atoms with Crippen LogP contribution in [0, 0.1) is 0 Å². The first-order valence-corrected chi connectivity index (χ1v) is 12.4. The van der Waals surface area contributed by atoms with Crippen LogP contribution in [-0.2, 0) is 14.8 Å². The van der Waals surface area contributed by atoms with Crippen LogP contribution in [0.4, 0.5) is 5.13 Å². The zero-order valence-electron chi connectivity index (χ0n) is 16.2. The third-order valence-electron chi connectivity index (χ3n) is 4.90. The number of carbonyl (C=O) groups excluding carboxylic acids is 1. The molecule has 30 heavy (non-hydrogen) atoms. The summed E-state index contributed by atoms with van der Waals surface area (Å²) in [5.41, 5.74) is 1.14. The largest absolute Gasteiger partial charge is 0.377 e. The van der Waals surface area contributed by atoms with Crippen molar-refractivity contribution in [2.24, 2.45) is 0 Å². The Morgan fingerprint density at radius 2 is 2.07 bits per heavy atom. The number of hydrogen-bond donors (Lipinski definition) is 1. The highest BCUT2D eigenvalue weighted by Gasteiger charge is 2.26. The number of para-hydroxylation sites is 1. The van der Waals surface area contributed by atoms with Crippen LogP contribution >= 0.6 is 27.3 Å². The Hall–Kier alpha value is -1.85. The lowest BCUT2D eigenvalue weighted by Crippen LogP contribution is -2.34.